The molecule has 0 atom stereocenters. The van der Waals surface area contributed by atoms with Crippen molar-refractivity contribution in [3.05, 3.63) is 41.9 Å². The first-order chi connectivity index (χ1) is 13.5. The summed E-state index contributed by atoms with van der Waals surface area (Å²) in [5, 5.41) is 5.17. The highest BCUT2D eigenvalue weighted by atomic mass is 16.5. The average molecular weight is 390 g/mol. The molecule has 150 valence electrons. The number of hydrogen-bond donors (Lipinski definition) is 2. The first-order valence-corrected chi connectivity index (χ1v) is 8.54. The van der Waals surface area contributed by atoms with Crippen LogP contribution in [0.3, 0.4) is 0 Å². The molecule has 0 saturated carbocycles. The molecular formula is C19H22N2O7. The van der Waals surface area contributed by atoms with E-state index < -0.39 is 24.4 Å². The Morgan fingerprint density at radius 1 is 1.11 bits per heavy atom. The quantitative estimate of drug-likeness (QED) is 0.631. The van der Waals surface area contributed by atoms with Crippen LogP contribution in [0.15, 0.2) is 34.9 Å². The second-order valence-electron chi connectivity index (χ2n) is 5.61. The van der Waals surface area contributed by atoms with Gasteiger partial charge in [0.1, 0.15) is 0 Å². The zero-order chi connectivity index (χ0) is 20.5. The van der Waals surface area contributed by atoms with E-state index in [1.807, 2.05) is 6.92 Å². The van der Waals surface area contributed by atoms with Gasteiger partial charge < -0.3 is 29.3 Å². The van der Waals surface area contributed by atoms with Gasteiger partial charge in [-0.1, -0.05) is 6.92 Å². The SMILES string of the molecule is CCCNC(=O)COC(=O)c1cc(OC)c(OC)cc1NC(=O)c1ccco1. The van der Waals surface area contributed by atoms with E-state index in [0.29, 0.717) is 12.3 Å². The van der Waals surface area contributed by atoms with Gasteiger partial charge in [-0.25, -0.2) is 4.79 Å². The Kier molecular flexibility index (Phi) is 7.44. The molecule has 0 radical (unpaired) electrons. The maximum Gasteiger partial charge on any atom is 0.340 e. The fourth-order valence-electron chi connectivity index (χ4n) is 2.27. The van der Waals surface area contributed by atoms with Crippen molar-refractivity contribution in [2.24, 2.45) is 0 Å². The maximum atomic E-state index is 12.5. The van der Waals surface area contributed by atoms with E-state index in [9.17, 15) is 14.4 Å². The van der Waals surface area contributed by atoms with Gasteiger partial charge in [0, 0.05) is 18.7 Å². The normalized spacial score (nSPS) is 10.1. The molecule has 0 spiro atoms. The predicted octanol–water partition coefficient (Wildman–Crippen LogP) is 2.23. The van der Waals surface area contributed by atoms with E-state index in [0.717, 1.165) is 6.42 Å². The van der Waals surface area contributed by atoms with Gasteiger partial charge in [0.2, 0.25) is 0 Å². The van der Waals surface area contributed by atoms with Crippen LogP contribution in [0, 0.1) is 0 Å². The number of hydrogen-bond acceptors (Lipinski definition) is 7. The van der Waals surface area contributed by atoms with Crippen LogP contribution in [-0.4, -0.2) is 45.2 Å². The molecule has 0 bridgehead atoms. The van der Waals surface area contributed by atoms with Crippen LogP contribution >= 0.6 is 0 Å². The van der Waals surface area contributed by atoms with Crippen LogP contribution in [0.5, 0.6) is 11.5 Å². The number of carbonyl (C=O) groups excluding carboxylic acids is 3. The number of carbonyl (C=O) groups is 3. The first kappa shape index (κ1) is 20.8. The van der Waals surface area contributed by atoms with Crippen molar-refractivity contribution in [1.29, 1.82) is 0 Å². The van der Waals surface area contributed by atoms with Crippen molar-refractivity contribution in [2.45, 2.75) is 13.3 Å². The first-order valence-electron chi connectivity index (χ1n) is 8.54. The molecule has 2 aromatic rings. The Morgan fingerprint density at radius 2 is 1.82 bits per heavy atom. The van der Waals surface area contributed by atoms with Gasteiger partial charge >= 0.3 is 5.97 Å². The molecule has 0 fully saturated rings. The predicted molar refractivity (Wildman–Crippen MR) is 99.8 cm³/mol. The van der Waals surface area contributed by atoms with Crippen molar-refractivity contribution < 1.29 is 33.0 Å². The Bertz CT molecular complexity index is 831. The van der Waals surface area contributed by atoms with E-state index >= 15 is 0 Å². The van der Waals surface area contributed by atoms with Gasteiger partial charge in [-0.15, -0.1) is 0 Å². The number of benzene rings is 1. The molecule has 1 aromatic heterocycles. The number of anilines is 1. The zero-order valence-corrected chi connectivity index (χ0v) is 15.9. The molecule has 1 heterocycles. The number of furan rings is 1. The lowest BCUT2D eigenvalue weighted by Gasteiger charge is -2.15. The smallest absolute Gasteiger partial charge is 0.340 e. The van der Waals surface area contributed by atoms with E-state index in [-0.39, 0.29) is 22.8 Å². The largest absolute Gasteiger partial charge is 0.493 e. The Labute approximate surface area is 161 Å². The number of amides is 2. The minimum absolute atomic E-state index is 0.000785. The van der Waals surface area contributed by atoms with Gasteiger partial charge in [0.25, 0.3) is 11.8 Å². The minimum Gasteiger partial charge on any atom is -0.493 e. The van der Waals surface area contributed by atoms with E-state index in [2.05, 4.69) is 10.6 Å². The third-order valence-electron chi connectivity index (χ3n) is 3.64. The number of methoxy groups -OCH3 is 2. The van der Waals surface area contributed by atoms with Crippen molar-refractivity contribution in [3.8, 4) is 11.5 Å². The lowest BCUT2D eigenvalue weighted by molar-refractivity contribution is -0.124. The molecule has 9 heteroatoms. The van der Waals surface area contributed by atoms with Crippen LogP contribution in [0.1, 0.15) is 34.3 Å². The third kappa shape index (κ3) is 5.26. The monoisotopic (exact) mass is 390 g/mol. The lowest BCUT2D eigenvalue weighted by Crippen LogP contribution is -2.29. The summed E-state index contributed by atoms with van der Waals surface area (Å²) in [6.07, 6.45) is 2.12. The highest BCUT2D eigenvalue weighted by Gasteiger charge is 2.21. The summed E-state index contributed by atoms with van der Waals surface area (Å²) in [5.74, 6) is -1.16. The lowest BCUT2D eigenvalue weighted by atomic mass is 10.1. The number of nitrogens with one attached hydrogen (secondary N) is 2. The van der Waals surface area contributed by atoms with Crippen molar-refractivity contribution in [1.82, 2.24) is 5.32 Å². The number of esters is 1. The highest BCUT2D eigenvalue weighted by molar-refractivity contribution is 6.07. The molecule has 0 aliphatic rings. The summed E-state index contributed by atoms with van der Waals surface area (Å²) in [5.41, 5.74) is 0.124. The molecule has 0 aliphatic carbocycles. The molecule has 0 unspecified atom stereocenters. The van der Waals surface area contributed by atoms with Crippen LogP contribution in [0.2, 0.25) is 0 Å². The minimum atomic E-state index is -0.803. The molecule has 28 heavy (non-hydrogen) atoms. The molecule has 2 rings (SSSR count). The topological polar surface area (TPSA) is 116 Å². The molecule has 0 aliphatic heterocycles. The molecule has 2 amide bonds. The van der Waals surface area contributed by atoms with Crippen molar-refractivity contribution in [3.63, 3.8) is 0 Å². The molecule has 0 saturated heterocycles. The molecule has 2 N–H and O–H groups in total. The summed E-state index contributed by atoms with van der Waals surface area (Å²) >= 11 is 0. The summed E-state index contributed by atoms with van der Waals surface area (Å²) in [7, 11) is 2.83. The summed E-state index contributed by atoms with van der Waals surface area (Å²) in [6, 6.07) is 5.83. The van der Waals surface area contributed by atoms with Crippen molar-refractivity contribution >= 4 is 23.5 Å². The fourth-order valence-corrected chi connectivity index (χ4v) is 2.27. The van der Waals surface area contributed by atoms with Gasteiger partial charge in [-0.2, -0.15) is 0 Å². The maximum absolute atomic E-state index is 12.5. The molecular weight excluding hydrogens is 368 g/mol. The van der Waals surface area contributed by atoms with Crippen LogP contribution in [-0.2, 0) is 9.53 Å². The van der Waals surface area contributed by atoms with E-state index in [1.54, 1.807) is 6.07 Å². The van der Waals surface area contributed by atoms with Crippen molar-refractivity contribution in [2.75, 3.05) is 32.7 Å². The Balaban J connectivity index is 2.25. The number of rotatable bonds is 9. The Morgan fingerprint density at radius 3 is 2.43 bits per heavy atom. The average Bonchev–Trinajstić information content (AvgIpc) is 3.25. The van der Waals surface area contributed by atoms with Crippen LogP contribution < -0.4 is 20.1 Å². The van der Waals surface area contributed by atoms with Gasteiger partial charge in [-0.05, 0) is 18.6 Å². The van der Waals surface area contributed by atoms with E-state index in [1.165, 1.54) is 38.7 Å². The Hall–Kier alpha value is -3.49. The second-order valence-corrected chi connectivity index (χ2v) is 5.61. The summed E-state index contributed by atoms with van der Waals surface area (Å²) < 4.78 is 20.5. The zero-order valence-electron chi connectivity index (χ0n) is 15.9. The molecule has 9 nitrogen and oxygen atoms in total. The van der Waals surface area contributed by atoms with Crippen LogP contribution in [0.4, 0.5) is 5.69 Å². The molecule has 1 aromatic carbocycles. The van der Waals surface area contributed by atoms with Gasteiger partial charge in [-0.3, -0.25) is 9.59 Å². The van der Waals surface area contributed by atoms with Gasteiger partial charge in [0.05, 0.1) is 31.7 Å². The summed E-state index contributed by atoms with van der Waals surface area (Å²) in [4.78, 5) is 36.5. The standard InChI is InChI=1S/C19H22N2O7/c1-4-7-20-17(22)11-28-19(24)12-9-15(25-2)16(26-3)10-13(12)21-18(23)14-6-5-8-27-14/h5-6,8-10H,4,7,11H2,1-3H3,(H,20,22)(H,21,23). The third-order valence-corrected chi connectivity index (χ3v) is 3.64. The van der Waals surface area contributed by atoms with Crippen LogP contribution in [0.25, 0.3) is 0 Å². The summed E-state index contributed by atoms with van der Waals surface area (Å²) in [6.45, 7) is 1.94. The van der Waals surface area contributed by atoms with Gasteiger partial charge in [0.15, 0.2) is 23.9 Å². The van der Waals surface area contributed by atoms with E-state index in [4.69, 9.17) is 18.6 Å². The highest BCUT2D eigenvalue weighted by Crippen LogP contribution is 2.34. The fraction of sp³-hybridized carbons (Fsp3) is 0.316. The number of ether oxygens (including phenoxy) is 3. The second kappa shape index (κ2) is 10.0.